The lowest BCUT2D eigenvalue weighted by Gasteiger charge is -2.38. The van der Waals surface area contributed by atoms with Crippen LogP contribution in [-0.2, 0) is 9.53 Å². The fraction of sp³-hybridized carbons (Fsp3) is 0.375. The SMILES string of the molecule is COc1cc([C@@H]2c3cc4c(cc3[C@@H](Sc3ncn[nH]3)[C@H]3COC(=O)[C@H]23)OCO4)cc(OC)c1OC. The molecule has 0 radical (unpaired) electrons. The molecule has 1 fully saturated rings. The average Bonchev–Trinajstić information content (AvgIpc) is 3.64. The van der Waals surface area contributed by atoms with Gasteiger partial charge in [-0.1, -0.05) is 11.8 Å². The quantitative estimate of drug-likeness (QED) is 0.509. The van der Waals surface area contributed by atoms with E-state index in [0.29, 0.717) is 40.5 Å². The molecule has 3 aromatic rings. The van der Waals surface area contributed by atoms with E-state index in [1.807, 2.05) is 24.3 Å². The number of nitrogens with one attached hydrogen (secondary N) is 1. The Balaban J connectivity index is 1.56. The number of nitrogens with zero attached hydrogens (tertiary/aromatic N) is 2. The van der Waals surface area contributed by atoms with Crippen molar-refractivity contribution >= 4 is 17.7 Å². The van der Waals surface area contributed by atoms with Gasteiger partial charge in [0.2, 0.25) is 12.5 Å². The minimum atomic E-state index is -0.425. The molecule has 35 heavy (non-hydrogen) atoms. The van der Waals surface area contributed by atoms with E-state index in [1.54, 1.807) is 21.3 Å². The van der Waals surface area contributed by atoms with Crippen LogP contribution in [0.25, 0.3) is 0 Å². The van der Waals surface area contributed by atoms with E-state index in [-0.39, 0.29) is 29.8 Å². The third-order valence-corrected chi connectivity index (χ3v) is 8.07. The Hall–Kier alpha value is -3.60. The molecule has 11 heteroatoms. The summed E-state index contributed by atoms with van der Waals surface area (Å²) in [4.78, 5) is 17.5. The van der Waals surface area contributed by atoms with Crippen LogP contribution < -0.4 is 23.7 Å². The Labute approximate surface area is 205 Å². The van der Waals surface area contributed by atoms with E-state index in [4.69, 9.17) is 28.4 Å². The average molecular weight is 498 g/mol. The molecule has 0 bridgehead atoms. The Morgan fingerprint density at radius 3 is 2.31 bits per heavy atom. The smallest absolute Gasteiger partial charge is 0.310 e. The molecule has 1 aliphatic carbocycles. The number of cyclic esters (lactones) is 1. The van der Waals surface area contributed by atoms with Crippen LogP contribution in [0.2, 0.25) is 0 Å². The molecule has 2 aromatic carbocycles. The number of fused-ring (bicyclic) bond motifs is 3. The molecular formula is C24H23N3O7S. The van der Waals surface area contributed by atoms with Gasteiger partial charge in [-0.15, -0.1) is 0 Å². The molecule has 0 unspecified atom stereocenters. The molecule has 1 N–H and O–H groups in total. The number of carbonyl (C=O) groups is 1. The van der Waals surface area contributed by atoms with Crippen LogP contribution in [-0.4, -0.2) is 55.9 Å². The Morgan fingerprint density at radius 2 is 1.69 bits per heavy atom. The van der Waals surface area contributed by atoms with Gasteiger partial charge in [-0.05, 0) is 41.0 Å². The fourth-order valence-electron chi connectivity index (χ4n) is 5.32. The second-order valence-corrected chi connectivity index (χ2v) is 9.55. The number of rotatable bonds is 6. The van der Waals surface area contributed by atoms with E-state index in [1.165, 1.54) is 18.1 Å². The van der Waals surface area contributed by atoms with Crippen molar-refractivity contribution in [2.45, 2.75) is 16.3 Å². The molecule has 3 aliphatic rings. The zero-order chi connectivity index (χ0) is 24.1. The maximum Gasteiger partial charge on any atom is 0.310 e. The summed E-state index contributed by atoms with van der Waals surface area (Å²) in [5.74, 6) is 1.77. The van der Waals surface area contributed by atoms with Crippen molar-refractivity contribution in [2.75, 3.05) is 34.7 Å². The van der Waals surface area contributed by atoms with Crippen molar-refractivity contribution in [1.82, 2.24) is 15.2 Å². The van der Waals surface area contributed by atoms with Gasteiger partial charge in [-0.25, -0.2) is 4.98 Å². The molecule has 10 nitrogen and oxygen atoms in total. The van der Waals surface area contributed by atoms with Gasteiger partial charge in [0.05, 0.1) is 33.9 Å². The number of aromatic amines is 1. The monoisotopic (exact) mass is 497 g/mol. The number of ether oxygens (including phenoxy) is 6. The van der Waals surface area contributed by atoms with Gasteiger partial charge in [0.1, 0.15) is 6.33 Å². The lowest BCUT2D eigenvalue weighted by molar-refractivity contribution is -0.141. The highest BCUT2D eigenvalue weighted by Gasteiger charge is 2.53. The van der Waals surface area contributed by atoms with E-state index in [9.17, 15) is 4.79 Å². The summed E-state index contributed by atoms with van der Waals surface area (Å²) >= 11 is 1.53. The lowest BCUT2D eigenvalue weighted by atomic mass is 9.67. The number of hydrogen-bond acceptors (Lipinski definition) is 10. The van der Waals surface area contributed by atoms with Gasteiger partial charge in [-0.3, -0.25) is 9.89 Å². The number of hydrogen-bond donors (Lipinski definition) is 1. The van der Waals surface area contributed by atoms with Crippen molar-refractivity contribution in [2.24, 2.45) is 11.8 Å². The molecule has 1 aromatic heterocycles. The van der Waals surface area contributed by atoms with Crippen LogP contribution in [0.4, 0.5) is 0 Å². The summed E-state index contributed by atoms with van der Waals surface area (Å²) in [6.45, 7) is 0.464. The van der Waals surface area contributed by atoms with Crippen molar-refractivity contribution < 1.29 is 33.2 Å². The topological polar surface area (TPSA) is 114 Å². The van der Waals surface area contributed by atoms with Crippen molar-refractivity contribution in [3.63, 3.8) is 0 Å². The van der Waals surface area contributed by atoms with Gasteiger partial charge in [0.25, 0.3) is 0 Å². The van der Waals surface area contributed by atoms with E-state index in [2.05, 4.69) is 15.2 Å². The molecule has 0 amide bonds. The van der Waals surface area contributed by atoms with Gasteiger partial charge in [0, 0.05) is 17.1 Å². The van der Waals surface area contributed by atoms with Gasteiger partial charge in [-0.2, -0.15) is 5.10 Å². The van der Waals surface area contributed by atoms with E-state index >= 15 is 0 Å². The highest BCUT2D eigenvalue weighted by Crippen LogP contribution is 2.59. The standard InChI is InChI=1S/C24H23N3O7S/c1-29-17-4-11(5-18(30-2)21(17)31-3)19-12-6-15-16(34-10-33-15)7-13(12)22(35-24-25-9-26-27-24)14-8-32-23(28)20(14)19/h4-7,9,14,19-20,22H,8,10H2,1-3H3,(H,25,26,27)/t14-,19+,20-,22+/m0/s1. The van der Waals surface area contributed by atoms with Crippen LogP contribution in [0.1, 0.15) is 27.9 Å². The van der Waals surface area contributed by atoms with E-state index in [0.717, 1.165) is 16.7 Å². The maximum atomic E-state index is 13.2. The van der Waals surface area contributed by atoms with Crippen LogP contribution in [0.3, 0.4) is 0 Å². The minimum absolute atomic E-state index is 0.102. The summed E-state index contributed by atoms with van der Waals surface area (Å²) in [5, 5.41) is 7.46. The predicted molar refractivity (Wildman–Crippen MR) is 123 cm³/mol. The molecule has 2 aliphatic heterocycles. The highest BCUT2D eigenvalue weighted by molar-refractivity contribution is 7.99. The number of H-pyrrole nitrogens is 1. The number of carbonyl (C=O) groups excluding carboxylic acids is 1. The van der Waals surface area contributed by atoms with Crippen molar-refractivity contribution in [3.8, 4) is 28.7 Å². The Morgan fingerprint density at radius 1 is 0.971 bits per heavy atom. The lowest BCUT2D eigenvalue weighted by Crippen LogP contribution is -2.33. The molecule has 1 saturated heterocycles. The van der Waals surface area contributed by atoms with Gasteiger partial charge in [0.15, 0.2) is 28.2 Å². The van der Waals surface area contributed by atoms with Crippen molar-refractivity contribution in [1.29, 1.82) is 0 Å². The summed E-state index contributed by atoms with van der Waals surface area (Å²) in [6, 6.07) is 7.77. The second-order valence-electron chi connectivity index (χ2n) is 8.42. The molecule has 0 spiro atoms. The van der Waals surface area contributed by atoms with Crippen LogP contribution in [0.5, 0.6) is 28.7 Å². The van der Waals surface area contributed by atoms with Crippen LogP contribution >= 0.6 is 11.8 Å². The number of methoxy groups -OCH3 is 3. The molecular weight excluding hydrogens is 474 g/mol. The summed E-state index contributed by atoms with van der Waals surface area (Å²) in [7, 11) is 4.71. The second kappa shape index (κ2) is 8.56. The number of aromatic nitrogens is 3. The zero-order valence-corrected chi connectivity index (χ0v) is 20.1. The van der Waals surface area contributed by atoms with Crippen LogP contribution in [0.15, 0.2) is 35.7 Å². The first-order valence-electron chi connectivity index (χ1n) is 11.0. The third-order valence-electron chi connectivity index (χ3n) is 6.80. The summed E-state index contributed by atoms with van der Waals surface area (Å²) in [6.07, 6.45) is 1.47. The number of benzene rings is 2. The summed E-state index contributed by atoms with van der Waals surface area (Å²) < 4.78 is 33.8. The maximum absolute atomic E-state index is 13.2. The highest BCUT2D eigenvalue weighted by atomic mass is 32.2. The summed E-state index contributed by atoms with van der Waals surface area (Å²) in [5.41, 5.74) is 2.85. The number of thioether (sulfide) groups is 1. The minimum Gasteiger partial charge on any atom is -0.493 e. The molecule has 0 saturated carbocycles. The molecule has 6 rings (SSSR count). The first-order valence-corrected chi connectivity index (χ1v) is 11.9. The Kier molecular flexibility index (Phi) is 5.36. The van der Waals surface area contributed by atoms with Crippen molar-refractivity contribution in [3.05, 3.63) is 47.3 Å². The number of esters is 1. The largest absolute Gasteiger partial charge is 0.493 e. The molecule has 3 heterocycles. The predicted octanol–water partition coefficient (Wildman–Crippen LogP) is 3.33. The normalized spacial score (nSPS) is 23.9. The first-order chi connectivity index (χ1) is 17.1. The van der Waals surface area contributed by atoms with Crippen LogP contribution in [0, 0.1) is 11.8 Å². The molecule has 4 atom stereocenters. The van der Waals surface area contributed by atoms with Gasteiger partial charge < -0.3 is 28.4 Å². The third kappa shape index (κ3) is 3.44. The molecule has 182 valence electrons. The van der Waals surface area contributed by atoms with E-state index < -0.39 is 5.92 Å². The first kappa shape index (κ1) is 21.9. The van der Waals surface area contributed by atoms with Gasteiger partial charge >= 0.3 is 5.97 Å². The zero-order valence-electron chi connectivity index (χ0n) is 19.3. The Bertz CT molecular complexity index is 1260. The fourth-order valence-corrected chi connectivity index (χ4v) is 6.52.